The number of likely N-dealkylation sites (N-methyl/N-ethyl adjacent to an activating group) is 1. The second-order valence-corrected chi connectivity index (χ2v) is 5.70. The van der Waals surface area contributed by atoms with Crippen molar-refractivity contribution in [2.24, 2.45) is 0 Å². The molecule has 0 saturated carbocycles. The van der Waals surface area contributed by atoms with E-state index >= 15 is 0 Å². The van der Waals surface area contributed by atoms with Crippen LogP contribution in [0.2, 0.25) is 0 Å². The van der Waals surface area contributed by atoms with Crippen molar-refractivity contribution in [2.75, 3.05) is 26.0 Å². The molecule has 0 bridgehead atoms. The molecule has 20 heavy (non-hydrogen) atoms. The van der Waals surface area contributed by atoms with Crippen molar-refractivity contribution in [3.63, 3.8) is 0 Å². The van der Waals surface area contributed by atoms with Crippen LogP contribution in [0.3, 0.4) is 0 Å². The van der Waals surface area contributed by atoms with Crippen LogP contribution in [0.5, 0.6) is 0 Å². The van der Waals surface area contributed by atoms with Crippen molar-refractivity contribution in [1.29, 1.82) is 0 Å². The largest absolute Gasteiger partial charge is 0.394 e. The first-order valence-electron chi connectivity index (χ1n) is 6.54. The Hall–Kier alpha value is -1.27. The molecule has 1 unspecified atom stereocenters. The Bertz CT molecular complexity index is 414. The molecule has 112 valence electrons. The lowest BCUT2D eigenvalue weighted by atomic mass is 10.3. The minimum absolute atomic E-state index is 0.0513. The second-order valence-electron chi connectivity index (χ2n) is 4.53. The third-order valence-corrected chi connectivity index (χ3v) is 4.02. The van der Waals surface area contributed by atoms with Gasteiger partial charge >= 0.3 is 6.03 Å². The zero-order valence-corrected chi connectivity index (χ0v) is 12.6. The Balaban J connectivity index is 2.16. The summed E-state index contributed by atoms with van der Waals surface area (Å²) >= 11 is 1.63. The summed E-state index contributed by atoms with van der Waals surface area (Å²) in [6.45, 7) is 2.31. The van der Waals surface area contributed by atoms with Crippen LogP contribution in [0.4, 0.5) is 9.18 Å². The quantitative estimate of drug-likeness (QED) is 0.600. The molecule has 1 rings (SSSR count). The number of amides is 2. The van der Waals surface area contributed by atoms with Gasteiger partial charge in [0.2, 0.25) is 0 Å². The summed E-state index contributed by atoms with van der Waals surface area (Å²) in [5, 5.41) is 11.8. The number of hydrogen-bond acceptors (Lipinski definition) is 3. The van der Waals surface area contributed by atoms with E-state index in [1.165, 1.54) is 17.0 Å². The molecule has 0 aliphatic heterocycles. The van der Waals surface area contributed by atoms with E-state index < -0.39 is 0 Å². The van der Waals surface area contributed by atoms with Gasteiger partial charge < -0.3 is 15.3 Å². The number of carbonyl (C=O) groups is 1. The molecular formula is C14H21FN2O2S. The fraction of sp³-hybridized carbons (Fsp3) is 0.500. The first kappa shape index (κ1) is 16.8. The number of halogens is 1. The SMILES string of the molecule is CC(CO)N(C)C(=O)NCCCSc1ccc(F)cc1. The van der Waals surface area contributed by atoms with Crippen molar-refractivity contribution >= 4 is 17.8 Å². The second kappa shape index (κ2) is 8.81. The van der Waals surface area contributed by atoms with Gasteiger partial charge in [-0.25, -0.2) is 9.18 Å². The summed E-state index contributed by atoms with van der Waals surface area (Å²) in [4.78, 5) is 14.2. The Morgan fingerprint density at radius 2 is 2.10 bits per heavy atom. The van der Waals surface area contributed by atoms with Crippen molar-refractivity contribution in [3.8, 4) is 0 Å². The van der Waals surface area contributed by atoms with Crippen LogP contribution in [0.1, 0.15) is 13.3 Å². The minimum Gasteiger partial charge on any atom is -0.394 e. The normalized spacial score (nSPS) is 12.0. The van der Waals surface area contributed by atoms with Crippen LogP contribution in [-0.2, 0) is 0 Å². The fourth-order valence-corrected chi connectivity index (χ4v) is 2.29. The Morgan fingerprint density at radius 3 is 2.70 bits per heavy atom. The lowest BCUT2D eigenvalue weighted by Crippen LogP contribution is -2.44. The molecule has 4 nitrogen and oxygen atoms in total. The molecule has 2 N–H and O–H groups in total. The highest BCUT2D eigenvalue weighted by Gasteiger charge is 2.13. The predicted octanol–water partition coefficient (Wildman–Crippen LogP) is 2.33. The van der Waals surface area contributed by atoms with Crippen molar-refractivity contribution in [1.82, 2.24) is 10.2 Å². The van der Waals surface area contributed by atoms with E-state index in [-0.39, 0.29) is 24.5 Å². The van der Waals surface area contributed by atoms with Crippen LogP contribution in [0.25, 0.3) is 0 Å². The van der Waals surface area contributed by atoms with Gasteiger partial charge in [0.15, 0.2) is 0 Å². The predicted molar refractivity (Wildman–Crippen MR) is 79.5 cm³/mol. The number of nitrogens with zero attached hydrogens (tertiary/aromatic N) is 1. The molecule has 1 aromatic rings. The summed E-state index contributed by atoms with van der Waals surface area (Å²) in [7, 11) is 1.66. The Kier molecular flexibility index (Phi) is 7.40. The van der Waals surface area contributed by atoms with Gasteiger partial charge in [-0.3, -0.25) is 0 Å². The molecule has 1 atom stereocenters. The number of urea groups is 1. The lowest BCUT2D eigenvalue weighted by molar-refractivity contribution is 0.157. The maximum Gasteiger partial charge on any atom is 0.317 e. The minimum atomic E-state index is -0.234. The van der Waals surface area contributed by atoms with Crippen molar-refractivity contribution < 1.29 is 14.3 Å². The highest BCUT2D eigenvalue weighted by atomic mass is 32.2. The average molecular weight is 300 g/mol. The smallest absolute Gasteiger partial charge is 0.317 e. The molecule has 0 aliphatic rings. The molecule has 0 spiro atoms. The zero-order chi connectivity index (χ0) is 15.0. The fourth-order valence-electron chi connectivity index (χ4n) is 1.44. The van der Waals surface area contributed by atoms with E-state index in [4.69, 9.17) is 5.11 Å². The van der Waals surface area contributed by atoms with Crippen LogP contribution in [-0.4, -0.2) is 48.0 Å². The molecular weight excluding hydrogens is 279 g/mol. The molecule has 0 saturated heterocycles. The number of hydrogen-bond donors (Lipinski definition) is 2. The first-order chi connectivity index (χ1) is 9.54. The zero-order valence-electron chi connectivity index (χ0n) is 11.8. The van der Waals surface area contributed by atoms with E-state index in [1.54, 1.807) is 37.9 Å². The van der Waals surface area contributed by atoms with Gasteiger partial charge in [0.25, 0.3) is 0 Å². The molecule has 0 radical (unpaired) electrons. The summed E-state index contributed by atoms with van der Waals surface area (Å²) in [5.41, 5.74) is 0. The van der Waals surface area contributed by atoms with E-state index in [2.05, 4.69) is 5.32 Å². The number of aliphatic hydroxyl groups is 1. The molecule has 0 heterocycles. The maximum atomic E-state index is 12.7. The van der Waals surface area contributed by atoms with Gasteiger partial charge in [-0.1, -0.05) is 0 Å². The third kappa shape index (κ3) is 5.79. The number of thioether (sulfide) groups is 1. The van der Waals surface area contributed by atoms with Gasteiger partial charge in [0.1, 0.15) is 5.82 Å². The lowest BCUT2D eigenvalue weighted by Gasteiger charge is -2.23. The molecule has 0 fully saturated rings. The number of rotatable bonds is 7. The number of nitrogens with one attached hydrogen (secondary N) is 1. The van der Waals surface area contributed by atoms with Crippen LogP contribution >= 0.6 is 11.8 Å². The van der Waals surface area contributed by atoms with Crippen LogP contribution in [0.15, 0.2) is 29.2 Å². The van der Waals surface area contributed by atoms with E-state index in [0.29, 0.717) is 6.54 Å². The van der Waals surface area contributed by atoms with Crippen LogP contribution in [0, 0.1) is 5.82 Å². The van der Waals surface area contributed by atoms with Gasteiger partial charge in [0.05, 0.1) is 12.6 Å². The van der Waals surface area contributed by atoms with E-state index in [9.17, 15) is 9.18 Å². The monoisotopic (exact) mass is 300 g/mol. The van der Waals surface area contributed by atoms with Gasteiger partial charge in [0, 0.05) is 18.5 Å². The Labute approximate surface area is 123 Å². The molecule has 2 amide bonds. The summed E-state index contributed by atoms with van der Waals surface area (Å²) in [5.74, 6) is 0.619. The highest BCUT2D eigenvalue weighted by molar-refractivity contribution is 7.99. The number of benzene rings is 1. The third-order valence-electron chi connectivity index (χ3n) is 2.93. The topological polar surface area (TPSA) is 52.6 Å². The molecule has 1 aromatic carbocycles. The molecule has 0 aliphatic carbocycles. The van der Waals surface area contributed by atoms with Crippen molar-refractivity contribution in [3.05, 3.63) is 30.1 Å². The van der Waals surface area contributed by atoms with Gasteiger partial charge in [-0.15, -0.1) is 11.8 Å². The standard InChI is InChI=1S/C14H21FN2O2S/c1-11(10-18)17(2)14(19)16-8-3-9-20-13-6-4-12(15)5-7-13/h4-7,11,18H,3,8-10H2,1-2H3,(H,16,19). The van der Waals surface area contributed by atoms with Gasteiger partial charge in [-0.05, 0) is 43.4 Å². The van der Waals surface area contributed by atoms with E-state index in [1.807, 2.05) is 0 Å². The Morgan fingerprint density at radius 1 is 1.45 bits per heavy atom. The summed E-state index contributed by atoms with van der Waals surface area (Å²) in [6, 6.07) is 6.00. The maximum absolute atomic E-state index is 12.7. The highest BCUT2D eigenvalue weighted by Crippen LogP contribution is 2.18. The van der Waals surface area contributed by atoms with E-state index in [0.717, 1.165) is 17.1 Å². The number of aliphatic hydroxyl groups excluding tert-OH is 1. The first-order valence-corrected chi connectivity index (χ1v) is 7.53. The summed E-state index contributed by atoms with van der Waals surface area (Å²) < 4.78 is 12.7. The van der Waals surface area contributed by atoms with Crippen molar-refractivity contribution in [2.45, 2.75) is 24.3 Å². The average Bonchev–Trinajstić information content (AvgIpc) is 2.47. The van der Waals surface area contributed by atoms with Gasteiger partial charge in [-0.2, -0.15) is 0 Å². The molecule has 0 aromatic heterocycles. The molecule has 6 heteroatoms. The number of carbonyl (C=O) groups excluding carboxylic acids is 1. The van der Waals surface area contributed by atoms with Crippen LogP contribution < -0.4 is 5.32 Å². The summed E-state index contributed by atoms with van der Waals surface area (Å²) in [6.07, 6.45) is 0.829.